The number of thioether (sulfide) groups is 1. The molecule has 2 amide bonds. The summed E-state index contributed by atoms with van der Waals surface area (Å²) >= 11 is 1.68. The predicted octanol–water partition coefficient (Wildman–Crippen LogP) is 5.28. The van der Waals surface area contributed by atoms with Gasteiger partial charge in [0, 0.05) is 22.7 Å². The number of urea groups is 1. The average Bonchev–Trinajstić information content (AvgIpc) is 3.24. The van der Waals surface area contributed by atoms with Gasteiger partial charge in [-0.1, -0.05) is 47.1 Å². The van der Waals surface area contributed by atoms with Gasteiger partial charge in [0.1, 0.15) is 0 Å². The molecule has 0 aliphatic carbocycles. The summed E-state index contributed by atoms with van der Waals surface area (Å²) in [6, 6.07) is 15.7. The van der Waals surface area contributed by atoms with Crippen molar-refractivity contribution in [2.45, 2.75) is 31.7 Å². The smallest absolute Gasteiger partial charge is 0.322 e. The molecule has 1 aliphatic rings. The highest BCUT2D eigenvalue weighted by atomic mass is 32.2. The summed E-state index contributed by atoms with van der Waals surface area (Å²) in [5.41, 5.74) is 4.67. The Morgan fingerprint density at radius 1 is 1.10 bits per heavy atom. The summed E-state index contributed by atoms with van der Waals surface area (Å²) in [7, 11) is 0. The van der Waals surface area contributed by atoms with Gasteiger partial charge in [0.25, 0.3) is 5.89 Å². The molecule has 0 saturated carbocycles. The van der Waals surface area contributed by atoms with E-state index in [1.54, 1.807) is 16.7 Å². The Morgan fingerprint density at radius 2 is 1.80 bits per heavy atom. The van der Waals surface area contributed by atoms with Gasteiger partial charge >= 0.3 is 6.03 Å². The molecule has 7 heteroatoms. The van der Waals surface area contributed by atoms with Gasteiger partial charge in [0.05, 0.1) is 11.6 Å². The molecule has 2 heterocycles. The van der Waals surface area contributed by atoms with Crippen LogP contribution in [0, 0.1) is 6.92 Å². The summed E-state index contributed by atoms with van der Waals surface area (Å²) in [6.07, 6.45) is 2.04. The molecule has 0 spiro atoms. The average molecular weight is 421 g/mol. The van der Waals surface area contributed by atoms with Crippen LogP contribution in [0.3, 0.4) is 0 Å². The fourth-order valence-corrected chi connectivity index (χ4v) is 4.05. The van der Waals surface area contributed by atoms with Crippen molar-refractivity contribution >= 4 is 23.4 Å². The Labute approximate surface area is 180 Å². The second kappa shape index (κ2) is 8.36. The topological polar surface area (TPSA) is 71.3 Å². The summed E-state index contributed by atoms with van der Waals surface area (Å²) in [6.45, 7) is 6.46. The van der Waals surface area contributed by atoms with Crippen LogP contribution in [0.5, 0.6) is 0 Å². The summed E-state index contributed by atoms with van der Waals surface area (Å²) in [5.74, 6) is 0.946. The van der Waals surface area contributed by atoms with Crippen LogP contribution in [0.2, 0.25) is 0 Å². The molecule has 0 saturated heterocycles. The van der Waals surface area contributed by atoms with Gasteiger partial charge in [-0.25, -0.2) is 4.79 Å². The van der Waals surface area contributed by atoms with E-state index in [2.05, 4.69) is 27.6 Å². The minimum Gasteiger partial charge on any atom is -0.334 e. The van der Waals surface area contributed by atoms with Crippen molar-refractivity contribution in [3.8, 4) is 11.4 Å². The van der Waals surface area contributed by atoms with E-state index in [9.17, 15) is 4.79 Å². The molecular weight excluding hydrogens is 396 g/mol. The quantitative estimate of drug-likeness (QED) is 0.568. The molecule has 1 N–H and O–H groups in total. The zero-order valence-corrected chi connectivity index (χ0v) is 18.3. The molecule has 2 aromatic carbocycles. The van der Waals surface area contributed by atoms with Crippen LogP contribution in [-0.4, -0.2) is 33.9 Å². The summed E-state index contributed by atoms with van der Waals surface area (Å²) in [5, 5.41) is 7.30. The number of benzene rings is 2. The van der Waals surface area contributed by atoms with Crippen LogP contribution >= 0.6 is 11.8 Å². The number of carbonyl (C=O) groups excluding carboxylic acids is 1. The maximum Gasteiger partial charge on any atom is 0.322 e. The van der Waals surface area contributed by atoms with Crippen molar-refractivity contribution in [3.05, 3.63) is 71.2 Å². The van der Waals surface area contributed by atoms with Gasteiger partial charge in [0.15, 0.2) is 0 Å². The van der Waals surface area contributed by atoms with Gasteiger partial charge in [-0.2, -0.15) is 4.98 Å². The normalized spacial score (nSPS) is 16.7. The van der Waals surface area contributed by atoms with Crippen LogP contribution in [0.4, 0.5) is 4.79 Å². The van der Waals surface area contributed by atoms with E-state index in [0.717, 1.165) is 27.3 Å². The van der Waals surface area contributed by atoms with Crippen LogP contribution < -0.4 is 5.32 Å². The first-order valence-electron chi connectivity index (χ1n) is 9.85. The molecule has 0 bridgehead atoms. The highest BCUT2D eigenvalue weighted by Crippen LogP contribution is 2.37. The first-order chi connectivity index (χ1) is 14.5. The van der Waals surface area contributed by atoms with Gasteiger partial charge in [0.2, 0.25) is 5.82 Å². The van der Waals surface area contributed by atoms with Crippen LogP contribution in [-0.2, 0) is 0 Å². The number of nitrogens with zero attached hydrogens (tertiary/aromatic N) is 3. The van der Waals surface area contributed by atoms with E-state index >= 15 is 0 Å². The summed E-state index contributed by atoms with van der Waals surface area (Å²) < 4.78 is 5.68. The van der Waals surface area contributed by atoms with Gasteiger partial charge < -0.3 is 9.84 Å². The number of amides is 2. The molecule has 0 fully saturated rings. The van der Waals surface area contributed by atoms with Gasteiger partial charge in [-0.05, 0) is 44.7 Å². The molecule has 1 aliphatic heterocycles. The van der Waals surface area contributed by atoms with Gasteiger partial charge in [-0.15, -0.1) is 11.8 Å². The predicted molar refractivity (Wildman–Crippen MR) is 119 cm³/mol. The standard InChI is InChI=1S/C23H24N4O2S/c1-5-27-15(3)19(20(24-23(27)28)16-10-12-18(30-4)13-11-16)22-25-21(26-29-22)17-8-6-14(2)7-9-17/h6-13,20H,5H2,1-4H3,(H,24,28). The lowest BCUT2D eigenvalue weighted by atomic mass is 9.95. The third kappa shape index (κ3) is 3.73. The Bertz CT molecular complexity index is 1090. The summed E-state index contributed by atoms with van der Waals surface area (Å²) in [4.78, 5) is 20.2. The number of aromatic nitrogens is 2. The third-order valence-electron chi connectivity index (χ3n) is 5.33. The van der Waals surface area contributed by atoms with E-state index in [1.807, 2.05) is 63.4 Å². The zero-order chi connectivity index (χ0) is 21.3. The van der Waals surface area contributed by atoms with Crippen LogP contribution in [0.25, 0.3) is 17.0 Å². The first kappa shape index (κ1) is 20.2. The van der Waals surface area contributed by atoms with Crippen molar-refractivity contribution in [1.29, 1.82) is 0 Å². The molecular formula is C23H24N4O2S. The molecule has 0 radical (unpaired) electrons. The number of allylic oxidation sites excluding steroid dienone is 1. The molecule has 1 unspecified atom stereocenters. The van der Waals surface area contributed by atoms with E-state index < -0.39 is 0 Å². The second-order valence-corrected chi connectivity index (χ2v) is 8.07. The van der Waals surface area contributed by atoms with E-state index in [1.165, 1.54) is 5.56 Å². The van der Waals surface area contributed by atoms with E-state index in [0.29, 0.717) is 18.3 Å². The van der Waals surface area contributed by atoms with E-state index in [-0.39, 0.29) is 12.1 Å². The van der Waals surface area contributed by atoms with Crippen LogP contribution in [0.15, 0.2) is 63.6 Å². The zero-order valence-electron chi connectivity index (χ0n) is 17.5. The fourth-order valence-electron chi connectivity index (χ4n) is 3.64. The van der Waals surface area contributed by atoms with Crippen molar-refractivity contribution in [1.82, 2.24) is 20.4 Å². The maximum atomic E-state index is 12.7. The molecule has 30 heavy (non-hydrogen) atoms. The van der Waals surface area contributed by atoms with Crippen molar-refractivity contribution in [2.75, 3.05) is 12.8 Å². The minimum absolute atomic E-state index is 0.129. The third-order valence-corrected chi connectivity index (χ3v) is 6.07. The SMILES string of the molecule is CCN1C(=O)NC(c2ccc(SC)cc2)C(c2nc(-c3ccc(C)cc3)no2)=C1C. The second-order valence-electron chi connectivity index (χ2n) is 7.19. The van der Waals surface area contributed by atoms with E-state index in [4.69, 9.17) is 4.52 Å². The van der Waals surface area contributed by atoms with Crippen LogP contribution in [0.1, 0.15) is 36.9 Å². The van der Waals surface area contributed by atoms with Gasteiger partial charge in [-0.3, -0.25) is 4.90 Å². The highest BCUT2D eigenvalue weighted by Gasteiger charge is 2.35. The Hall–Kier alpha value is -3.06. The number of rotatable bonds is 5. The lowest BCUT2D eigenvalue weighted by Gasteiger charge is -2.34. The highest BCUT2D eigenvalue weighted by molar-refractivity contribution is 7.98. The van der Waals surface area contributed by atoms with Crippen molar-refractivity contribution in [3.63, 3.8) is 0 Å². The number of nitrogens with one attached hydrogen (secondary N) is 1. The number of hydrogen-bond acceptors (Lipinski definition) is 5. The molecule has 154 valence electrons. The maximum absolute atomic E-state index is 12.7. The molecule has 4 rings (SSSR count). The first-order valence-corrected chi connectivity index (χ1v) is 11.1. The lowest BCUT2D eigenvalue weighted by Crippen LogP contribution is -2.45. The molecule has 1 atom stereocenters. The Balaban J connectivity index is 1.79. The molecule has 1 aromatic heterocycles. The minimum atomic E-state index is -0.359. The molecule has 6 nitrogen and oxygen atoms in total. The molecule has 3 aromatic rings. The Kier molecular flexibility index (Phi) is 5.63. The number of aryl methyl sites for hydroxylation is 1. The van der Waals surface area contributed by atoms with Crippen molar-refractivity contribution in [2.24, 2.45) is 0 Å². The number of carbonyl (C=O) groups is 1. The largest absolute Gasteiger partial charge is 0.334 e. The lowest BCUT2D eigenvalue weighted by molar-refractivity contribution is 0.207. The monoisotopic (exact) mass is 420 g/mol. The van der Waals surface area contributed by atoms with Crippen molar-refractivity contribution < 1.29 is 9.32 Å². The fraction of sp³-hybridized carbons (Fsp3) is 0.261. The number of hydrogen-bond donors (Lipinski definition) is 1. The Morgan fingerprint density at radius 3 is 2.43 bits per heavy atom.